The Hall–Kier alpha value is -0.590. The van der Waals surface area contributed by atoms with Crippen LogP contribution in [0.15, 0.2) is 5.16 Å². The van der Waals surface area contributed by atoms with Gasteiger partial charge in [-0.3, -0.25) is 0 Å². The average Bonchev–Trinajstić information content (AvgIpc) is 3.32. The molecule has 6 heteroatoms. The first-order valence-corrected chi connectivity index (χ1v) is 8.15. The summed E-state index contributed by atoms with van der Waals surface area (Å²) in [6.45, 7) is 1.53. The average molecular weight is 280 g/mol. The first-order valence-electron chi connectivity index (χ1n) is 7.27. The van der Waals surface area contributed by atoms with E-state index < -0.39 is 0 Å². The topological polar surface area (TPSA) is 66.0 Å². The fraction of sp³-hybridized carbons (Fsp3) is 0.846. The van der Waals surface area contributed by atoms with Crippen LogP contribution < -0.4 is 5.73 Å². The molecule has 2 saturated carbocycles. The number of hydrogen-bond donors (Lipinski definition) is 1. The van der Waals surface area contributed by atoms with E-state index in [-0.39, 0.29) is 6.04 Å². The summed E-state index contributed by atoms with van der Waals surface area (Å²) in [6, 6.07) is 0.862. The number of hydrogen-bond acceptors (Lipinski definition) is 5. The number of rotatable bonds is 4. The van der Waals surface area contributed by atoms with Gasteiger partial charge < -0.3 is 15.0 Å². The summed E-state index contributed by atoms with van der Waals surface area (Å²) in [5.74, 6) is 1.88. The van der Waals surface area contributed by atoms with Gasteiger partial charge in [-0.25, -0.2) is 0 Å². The van der Waals surface area contributed by atoms with Crippen molar-refractivity contribution in [1.29, 1.82) is 0 Å². The zero-order valence-electron chi connectivity index (χ0n) is 11.0. The minimum Gasteiger partial charge on any atom is -0.380 e. The lowest BCUT2D eigenvalue weighted by Crippen LogP contribution is -2.41. The van der Waals surface area contributed by atoms with Crippen LogP contribution in [0, 0.1) is 0 Å². The van der Waals surface area contributed by atoms with E-state index in [0.29, 0.717) is 17.2 Å². The summed E-state index contributed by atoms with van der Waals surface area (Å²) in [5, 5.41) is 10.3. The highest BCUT2D eigenvalue weighted by Gasteiger charge is 2.37. The standard InChI is InChI=1S/C13H20N4OS/c14-10-5-6-18-7-11(10)19-13-16-15-12(8-1-2-8)17(13)9-3-4-9/h8-11H,1-7,14H2. The molecule has 3 aliphatic rings. The molecule has 1 aliphatic heterocycles. The molecule has 0 spiro atoms. The van der Waals surface area contributed by atoms with Crippen molar-refractivity contribution in [3.05, 3.63) is 5.82 Å². The molecule has 4 rings (SSSR count). The second kappa shape index (κ2) is 4.75. The number of nitrogens with two attached hydrogens (primary N) is 1. The normalized spacial score (nSPS) is 31.6. The predicted octanol–water partition coefficient (Wildman–Crippen LogP) is 1.70. The first kappa shape index (κ1) is 12.2. The van der Waals surface area contributed by atoms with Crippen LogP contribution in [0.2, 0.25) is 0 Å². The molecule has 0 bridgehead atoms. The highest BCUT2D eigenvalue weighted by Crippen LogP contribution is 2.46. The molecule has 2 heterocycles. The van der Waals surface area contributed by atoms with Crippen molar-refractivity contribution in [1.82, 2.24) is 14.8 Å². The molecule has 3 fully saturated rings. The maximum absolute atomic E-state index is 6.19. The number of ether oxygens (including phenoxy) is 1. The van der Waals surface area contributed by atoms with Gasteiger partial charge in [0.2, 0.25) is 0 Å². The lowest BCUT2D eigenvalue weighted by atomic mass is 10.1. The van der Waals surface area contributed by atoms with Gasteiger partial charge in [0.15, 0.2) is 5.16 Å². The van der Waals surface area contributed by atoms with E-state index >= 15 is 0 Å². The summed E-state index contributed by atoms with van der Waals surface area (Å²) >= 11 is 1.77. The highest BCUT2D eigenvalue weighted by molar-refractivity contribution is 7.99. The van der Waals surface area contributed by atoms with Gasteiger partial charge in [-0.2, -0.15) is 0 Å². The second-order valence-corrected chi connectivity index (χ2v) is 7.11. The van der Waals surface area contributed by atoms with Gasteiger partial charge in [0, 0.05) is 24.6 Å². The van der Waals surface area contributed by atoms with Gasteiger partial charge in [0.25, 0.3) is 0 Å². The maximum Gasteiger partial charge on any atom is 0.191 e. The monoisotopic (exact) mass is 280 g/mol. The van der Waals surface area contributed by atoms with E-state index in [1.165, 1.54) is 31.5 Å². The molecule has 0 aromatic carbocycles. The van der Waals surface area contributed by atoms with Crippen molar-refractivity contribution in [3.63, 3.8) is 0 Å². The van der Waals surface area contributed by atoms with E-state index in [1.807, 2.05) is 0 Å². The minimum atomic E-state index is 0.215. The molecule has 1 aromatic heterocycles. The molecule has 2 unspecified atom stereocenters. The Bertz CT molecular complexity index is 469. The zero-order valence-corrected chi connectivity index (χ0v) is 11.8. The van der Waals surface area contributed by atoms with Crippen molar-refractivity contribution in [2.75, 3.05) is 13.2 Å². The fourth-order valence-electron chi connectivity index (χ4n) is 2.65. The van der Waals surface area contributed by atoms with Crippen LogP contribution in [0.4, 0.5) is 0 Å². The molecule has 19 heavy (non-hydrogen) atoms. The SMILES string of the molecule is NC1CCOCC1Sc1nnc(C2CC2)n1C1CC1. The Morgan fingerprint density at radius 3 is 2.68 bits per heavy atom. The van der Waals surface area contributed by atoms with Crippen molar-refractivity contribution in [2.24, 2.45) is 5.73 Å². The number of aromatic nitrogens is 3. The Kier molecular flexibility index (Phi) is 3.04. The van der Waals surface area contributed by atoms with Crippen LogP contribution in [0.3, 0.4) is 0 Å². The summed E-state index contributed by atoms with van der Waals surface area (Å²) in [6.07, 6.45) is 6.06. The molecule has 2 N–H and O–H groups in total. The third kappa shape index (κ3) is 2.41. The first-order chi connectivity index (χ1) is 9.33. The summed E-state index contributed by atoms with van der Waals surface area (Å²) in [4.78, 5) is 0. The third-order valence-electron chi connectivity index (χ3n) is 4.16. The molecule has 0 amide bonds. The van der Waals surface area contributed by atoms with Crippen LogP contribution in [0.25, 0.3) is 0 Å². The van der Waals surface area contributed by atoms with Crippen molar-refractivity contribution in [2.45, 2.75) is 60.5 Å². The van der Waals surface area contributed by atoms with E-state index in [0.717, 1.165) is 24.8 Å². The molecule has 2 aliphatic carbocycles. The predicted molar refractivity (Wildman–Crippen MR) is 73.3 cm³/mol. The van der Waals surface area contributed by atoms with Crippen molar-refractivity contribution >= 4 is 11.8 Å². The van der Waals surface area contributed by atoms with E-state index in [9.17, 15) is 0 Å². The third-order valence-corrected chi connectivity index (χ3v) is 5.43. The molecule has 1 saturated heterocycles. The number of thioether (sulfide) groups is 1. The summed E-state index contributed by atoms with van der Waals surface area (Å²) < 4.78 is 7.94. The minimum absolute atomic E-state index is 0.215. The number of nitrogens with zero attached hydrogens (tertiary/aromatic N) is 3. The Balaban J connectivity index is 1.56. The lowest BCUT2D eigenvalue weighted by molar-refractivity contribution is 0.0915. The lowest BCUT2D eigenvalue weighted by Gasteiger charge is -2.27. The quantitative estimate of drug-likeness (QED) is 0.909. The van der Waals surface area contributed by atoms with Gasteiger partial charge in [-0.05, 0) is 32.1 Å². The van der Waals surface area contributed by atoms with E-state index in [4.69, 9.17) is 10.5 Å². The summed E-state index contributed by atoms with van der Waals surface area (Å²) in [5.41, 5.74) is 6.19. The van der Waals surface area contributed by atoms with Crippen molar-refractivity contribution in [3.8, 4) is 0 Å². The van der Waals surface area contributed by atoms with E-state index in [2.05, 4.69) is 14.8 Å². The van der Waals surface area contributed by atoms with Gasteiger partial charge in [-0.15, -0.1) is 10.2 Å². The molecule has 104 valence electrons. The molecule has 1 aromatic rings. The smallest absolute Gasteiger partial charge is 0.191 e. The van der Waals surface area contributed by atoms with E-state index in [1.54, 1.807) is 11.8 Å². The van der Waals surface area contributed by atoms with Gasteiger partial charge in [0.1, 0.15) is 5.82 Å². The molecule has 2 atom stereocenters. The van der Waals surface area contributed by atoms with Gasteiger partial charge in [0.05, 0.1) is 11.9 Å². The van der Waals surface area contributed by atoms with Crippen LogP contribution in [0.5, 0.6) is 0 Å². The van der Waals surface area contributed by atoms with Crippen LogP contribution in [-0.4, -0.2) is 39.3 Å². The van der Waals surface area contributed by atoms with Crippen LogP contribution in [0.1, 0.15) is 49.9 Å². The molecular formula is C13H20N4OS. The van der Waals surface area contributed by atoms with Crippen LogP contribution in [-0.2, 0) is 4.74 Å². The van der Waals surface area contributed by atoms with Gasteiger partial charge >= 0.3 is 0 Å². The van der Waals surface area contributed by atoms with Crippen molar-refractivity contribution < 1.29 is 4.74 Å². The Labute approximate surface area is 117 Å². The second-order valence-electron chi connectivity index (χ2n) is 5.90. The fourth-order valence-corrected chi connectivity index (χ4v) is 3.84. The summed E-state index contributed by atoms with van der Waals surface area (Å²) in [7, 11) is 0. The maximum atomic E-state index is 6.19. The molecule has 5 nitrogen and oxygen atoms in total. The largest absolute Gasteiger partial charge is 0.380 e. The zero-order chi connectivity index (χ0) is 12.8. The molecule has 0 radical (unpaired) electrons. The molecular weight excluding hydrogens is 260 g/mol. The Morgan fingerprint density at radius 1 is 1.16 bits per heavy atom. The Morgan fingerprint density at radius 2 is 2.00 bits per heavy atom. The van der Waals surface area contributed by atoms with Gasteiger partial charge in [-0.1, -0.05) is 11.8 Å². The highest BCUT2D eigenvalue weighted by atomic mass is 32.2. The van der Waals surface area contributed by atoms with Crippen LogP contribution >= 0.6 is 11.8 Å².